The molecule has 0 radical (unpaired) electrons. The summed E-state index contributed by atoms with van der Waals surface area (Å²) in [6.45, 7) is -0.762. The molecular formula is C35H29F9N6O3. The number of carbonyl (C=O) groups excluding carboxylic acids is 3. The van der Waals surface area contributed by atoms with Crippen molar-refractivity contribution < 1.29 is 53.9 Å². The number of halogens is 9. The van der Waals surface area contributed by atoms with Gasteiger partial charge in [-0.1, -0.05) is 6.07 Å². The van der Waals surface area contributed by atoms with Crippen LogP contribution in [-0.4, -0.2) is 50.3 Å². The third-order valence-corrected chi connectivity index (χ3v) is 9.20. The molecule has 0 bridgehead atoms. The second-order valence-electron chi connectivity index (χ2n) is 13.0. The van der Waals surface area contributed by atoms with E-state index in [1.807, 2.05) is 0 Å². The molecule has 2 aromatic carbocycles. The average molecular weight is 753 g/mol. The van der Waals surface area contributed by atoms with E-state index in [0.29, 0.717) is 6.07 Å². The average Bonchev–Trinajstić information content (AvgIpc) is 3.48. The zero-order chi connectivity index (χ0) is 38.4. The van der Waals surface area contributed by atoms with Gasteiger partial charge in [0, 0.05) is 68.9 Å². The van der Waals surface area contributed by atoms with Crippen LogP contribution in [0, 0.1) is 17.5 Å². The fraction of sp³-hybridized carbons (Fsp3) is 0.371. The SMILES string of the molecule is NC(=O)c1cc(-c2cnc(N3CCC(=O)CC3)nc2[C@@H](CC(=O)Cn2nc(C(F)F)c3c2C(F)(F)CCC3(F)F)Cc2cc(F)cc(F)c2)ccc1F. The Hall–Kier alpha value is -5.29. The van der Waals surface area contributed by atoms with Crippen molar-refractivity contribution in [1.29, 1.82) is 0 Å². The maximum Gasteiger partial charge on any atom is 0.290 e. The maximum absolute atomic E-state index is 15.1. The van der Waals surface area contributed by atoms with Crippen LogP contribution in [0.2, 0.25) is 0 Å². The number of anilines is 1. The van der Waals surface area contributed by atoms with Gasteiger partial charge in [-0.3, -0.25) is 19.1 Å². The second-order valence-corrected chi connectivity index (χ2v) is 13.0. The van der Waals surface area contributed by atoms with Crippen LogP contribution >= 0.6 is 0 Å². The molecule has 18 heteroatoms. The highest BCUT2D eigenvalue weighted by Crippen LogP contribution is 2.52. The molecule has 280 valence electrons. The third-order valence-electron chi connectivity index (χ3n) is 9.20. The fourth-order valence-electron chi connectivity index (χ4n) is 6.73. The Morgan fingerprint density at radius 1 is 0.906 bits per heavy atom. The maximum atomic E-state index is 15.1. The molecule has 53 heavy (non-hydrogen) atoms. The van der Waals surface area contributed by atoms with Gasteiger partial charge in [-0.05, 0) is 41.8 Å². The lowest BCUT2D eigenvalue weighted by Crippen LogP contribution is -2.35. The summed E-state index contributed by atoms with van der Waals surface area (Å²) < 4.78 is 131. The standard InChI is InChI=1S/C35H29F9N6O3/c36-20-10-17(11-21(37)14-20)9-19(12-23(52)16-50-30-27(29(48-50)31(39)40)34(41,42)5-6-35(30,43)44)28-25(18-1-2-26(38)24(13-18)32(45)53)15-46-33(47-28)49-7-3-22(51)4-8-49/h1-2,10-11,13-15,19,31H,3-9,12,16H2,(H2,45,53)/t19-/m1/s1. The van der Waals surface area contributed by atoms with E-state index in [9.17, 15) is 45.1 Å². The number of nitrogens with zero attached hydrogens (tertiary/aromatic N) is 5. The number of rotatable bonds is 11. The van der Waals surface area contributed by atoms with Gasteiger partial charge in [0.1, 0.15) is 41.2 Å². The molecule has 0 saturated carbocycles. The summed E-state index contributed by atoms with van der Waals surface area (Å²) in [5.41, 5.74) is 0.253. The van der Waals surface area contributed by atoms with Gasteiger partial charge in [0.15, 0.2) is 5.78 Å². The highest BCUT2D eigenvalue weighted by Gasteiger charge is 2.55. The highest BCUT2D eigenvalue weighted by molar-refractivity contribution is 5.94. The molecule has 1 saturated heterocycles. The molecule has 4 aromatic rings. The lowest BCUT2D eigenvalue weighted by molar-refractivity contribution is -0.121. The second kappa shape index (κ2) is 14.3. The normalized spacial score (nSPS) is 17.2. The van der Waals surface area contributed by atoms with Gasteiger partial charge in [0.25, 0.3) is 24.2 Å². The molecular weight excluding hydrogens is 723 g/mol. The number of amides is 1. The molecule has 2 aliphatic rings. The monoisotopic (exact) mass is 752 g/mol. The van der Waals surface area contributed by atoms with Crippen LogP contribution in [0.25, 0.3) is 11.1 Å². The van der Waals surface area contributed by atoms with Crippen molar-refractivity contribution in [2.45, 2.75) is 69.3 Å². The van der Waals surface area contributed by atoms with E-state index in [2.05, 4.69) is 15.1 Å². The molecule has 3 heterocycles. The largest absolute Gasteiger partial charge is 0.366 e. The van der Waals surface area contributed by atoms with E-state index in [1.54, 1.807) is 4.90 Å². The number of ketones is 2. The van der Waals surface area contributed by atoms with Gasteiger partial charge in [0.2, 0.25) is 5.95 Å². The molecule has 1 atom stereocenters. The zero-order valence-corrected chi connectivity index (χ0v) is 27.5. The summed E-state index contributed by atoms with van der Waals surface area (Å²) in [7, 11) is 0. The van der Waals surface area contributed by atoms with Crippen molar-refractivity contribution in [1.82, 2.24) is 19.7 Å². The van der Waals surface area contributed by atoms with Crippen LogP contribution in [-0.2, 0) is 34.4 Å². The number of hydrogen-bond donors (Lipinski definition) is 1. The molecule has 2 N–H and O–H groups in total. The summed E-state index contributed by atoms with van der Waals surface area (Å²) in [5, 5.41) is 3.34. The van der Waals surface area contributed by atoms with E-state index in [-0.39, 0.29) is 71.1 Å². The number of aromatic nitrogens is 4. The number of carbonyl (C=O) groups is 3. The van der Waals surface area contributed by atoms with Crippen LogP contribution in [0.15, 0.2) is 42.6 Å². The summed E-state index contributed by atoms with van der Waals surface area (Å²) in [6.07, 6.45) is -5.98. The van der Waals surface area contributed by atoms with Gasteiger partial charge in [-0.2, -0.15) is 13.9 Å². The molecule has 0 unspecified atom stereocenters. The van der Waals surface area contributed by atoms with Crippen LogP contribution in [0.5, 0.6) is 0 Å². The van der Waals surface area contributed by atoms with Gasteiger partial charge in [0.05, 0.1) is 16.8 Å². The summed E-state index contributed by atoms with van der Waals surface area (Å²) in [6, 6.07) is 5.78. The lowest BCUT2D eigenvalue weighted by Gasteiger charge is -2.29. The fourth-order valence-corrected chi connectivity index (χ4v) is 6.73. The number of primary amides is 1. The van der Waals surface area contributed by atoms with E-state index in [1.165, 1.54) is 12.3 Å². The van der Waals surface area contributed by atoms with Crippen molar-refractivity contribution >= 4 is 23.4 Å². The number of fused-ring (bicyclic) bond motifs is 1. The third kappa shape index (κ3) is 7.76. The summed E-state index contributed by atoms with van der Waals surface area (Å²) in [4.78, 5) is 48.4. The highest BCUT2D eigenvalue weighted by atomic mass is 19.3. The quantitative estimate of drug-likeness (QED) is 0.165. The molecule has 0 spiro atoms. The molecule has 1 aliphatic carbocycles. The van der Waals surface area contributed by atoms with E-state index in [0.717, 1.165) is 24.3 Å². The Morgan fingerprint density at radius 2 is 1.57 bits per heavy atom. The van der Waals surface area contributed by atoms with Gasteiger partial charge in [-0.15, -0.1) is 0 Å². The summed E-state index contributed by atoms with van der Waals surface area (Å²) in [5.74, 6) is -14.4. The minimum Gasteiger partial charge on any atom is -0.366 e. The summed E-state index contributed by atoms with van der Waals surface area (Å²) >= 11 is 0. The minimum atomic E-state index is -4.09. The van der Waals surface area contributed by atoms with Crippen molar-refractivity contribution in [2.75, 3.05) is 18.0 Å². The van der Waals surface area contributed by atoms with Crippen molar-refractivity contribution in [3.05, 3.63) is 93.8 Å². The van der Waals surface area contributed by atoms with Gasteiger partial charge < -0.3 is 10.6 Å². The van der Waals surface area contributed by atoms with E-state index in [4.69, 9.17) is 5.73 Å². The number of hydrogen-bond acceptors (Lipinski definition) is 7. The molecule has 1 aliphatic heterocycles. The zero-order valence-electron chi connectivity index (χ0n) is 27.5. The first kappa shape index (κ1) is 37.5. The van der Waals surface area contributed by atoms with Crippen molar-refractivity contribution in [3.8, 4) is 11.1 Å². The predicted molar refractivity (Wildman–Crippen MR) is 169 cm³/mol. The molecule has 1 amide bonds. The van der Waals surface area contributed by atoms with Gasteiger partial charge in [-0.25, -0.2) is 40.7 Å². The molecule has 2 aromatic heterocycles. The number of Topliss-reactive ketones (excluding diaryl/α,β-unsaturated/α-hetero) is 2. The Morgan fingerprint density at radius 3 is 2.21 bits per heavy atom. The van der Waals surface area contributed by atoms with Crippen LogP contribution in [0.4, 0.5) is 45.5 Å². The smallest absolute Gasteiger partial charge is 0.290 e. The first-order valence-electron chi connectivity index (χ1n) is 16.3. The van der Waals surface area contributed by atoms with Crippen LogP contribution < -0.4 is 10.6 Å². The number of benzene rings is 2. The van der Waals surface area contributed by atoms with Crippen molar-refractivity contribution in [3.63, 3.8) is 0 Å². The van der Waals surface area contributed by atoms with Crippen LogP contribution in [0.1, 0.15) is 83.0 Å². The molecule has 9 nitrogen and oxygen atoms in total. The van der Waals surface area contributed by atoms with E-state index >= 15 is 8.78 Å². The first-order chi connectivity index (χ1) is 24.9. The predicted octanol–water partition coefficient (Wildman–Crippen LogP) is 6.93. The minimum absolute atomic E-state index is 0.00505. The Bertz CT molecular complexity index is 2080. The number of alkyl halides is 6. The van der Waals surface area contributed by atoms with Crippen LogP contribution in [0.3, 0.4) is 0 Å². The van der Waals surface area contributed by atoms with E-state index < -0.39 is 102 Å². The topological polar surface area (TPSA) is 124 Å². The number of piperidine rings is 1. The molecule has 1 fully saturated rings. The first-order valence-corrected chi connectivity index (χ1v) is 16.3. The Balaban J connectivity index is 1.47. The lowest BCUT2D eigenvalue weighted by atomic mass is 9.86. The Kier molecular flexibility index (Phi) is 10.1. The molecule has 6 rings (SSSR count). The number of nitrogens with two attached hydrogens (primary N) is 1. The Labute approximate surface area is 295 Å². The van der Waals surface area contributed by atoms with Crippen molar-refractivity contribution in [2.24, 2.45) is 5.73 Å². The van der Waals surface area contributed by atoms with Gasteiger partial charge >= 0.3 is 0 Å².